The molecule has 0 aromatic heterocycles. The molecule has 1 aliphatic rings. The van der Waals surface area contributed by atoms with Crippen molar-refractivity contribution in [1.29, 1.82) is 0 Å². The highest BCUT2D eigenvalue weighted by atomic mass is 14.3. The normalized spacial score (nSPS) is 38.5. The van der Waals surface area contributed by atoms with Gasteiger partial charge in [-0.15, -0.1) is 0 Å². The molecule has 1 rings (SSSR count). The second-order valence-electron chi connectivity index (χ2n) is 6.04. The maximum atomic E-state index is 6.34. The third-order valence-electron chi connectivity index (χ3n) is 4.75. The van der Waals surface area contributed by atoms with Crippen LogP contribution in [0.2, 0.25) is 12.0 Å². The van der Waals surface area contributed by atoms with Crippen molar-refractivity contribution in [3.8, 4) is 0 Å². The Kier molecular flexibility index (Phi) is 4.38. The maximum Gasteiger partial charge on any atom is 0.103 e. The van der Waals surface area contributed by atoms with Crippen molar-refractivity contribution < 1.29 is 0 Å². The van der Waals surface area contributed by atoms with Gasteiger partial charge in [0.05, 0.1) is 7.85 Å². The lowest BCUT2D eigenvalue weighted by atomic mass is 9.39. The van der Waals surface area contributed by atoms with Gasteiger partial charge in [-0.25, -0.2) is 0 Å². The Balaban J connectivity index is 2.57. The van der Waals surface area contributed by atoms with Crippen molar-refractivity contribution in [2.75, 3.05) is 0 Å². The van der Waals surface area contributed by atoms with Gasteiger partial charge in [-0.2, -0.15) is 0 Å². The molecule has 0 aliphatic heterocycles. The van der Waals surface area contributed by atoms with Gasteiger partial charge < -0.3 is 0 Å². The highest BCUT2D eigenvalue weighted by molar-refractivity contribution is 6.52. The molecule has 2 heteroatoms. The first-order chi connectivity index (χ1) is 6.92. The molecule has 0 nitrogen and oxygen atoms in total. The van der Waals surface area contributed by atoms with E-state index in [0.717, 1.165) is 5.92 Å². The standard InChI is InChI=1S/C13H25B2/c1-11(2)12(3)7-5-9-13(14,15-4)10-6-8-12/h11H,5-10H2,1-4H3. The second-order valence-corrected chi connectivity index (χ2v) is 6.04. The van der Waals surface area contributed by atoms with Crippen LogP contribution in [0.15, 0.2) is 0 Å². The van der Waals surface area contributed by atoms with Crippen molar-refractivity contribution >= 4 is 15.1 Å². The van der Waals surface area contributed by atoms with Gasteiger partial charge in [0.2, 0.25) is 0 Å². The monoisotopic (exact) mass is 203 g/mol. The molecule has 83 valence electrons. The quantitative estimate of drug-likeness (QED) is 0.594. The highest BCUT2D eigenvalue weighted by Gasteiger charge is 2.32. The van der Waals surface area contributed by atoms with Crippen molar-refractivity contribution in [3.63, 3.8) is 0 Å². The lowest BCUT2D eigenvalue weighted by molar-refractivity contribution is 0.157. The fourth-order valence-corrected chi connectivity index (χ4v) is 2.76. The van der Waals surface area contributed by atoms with Crippen LogP contribution in [0.4, 0.5) is 0 Å². The summed E-state index contributed by atoms with van der Waals surface area (Å²) < 4.78 is 0. The third-order valence-corrected chi connectivity index (χ3v) is 4.75. The Bertz CT molecular complexity index is 189. The van der Waals surface area contributed by atoms with Crippen LogP contribution in [0.5, 0.6) is 0 Å². The number of hydrogen-bond donors (Lipinski definition) is 0. The molecule has 1 saturated carbocycles. The molecule has 0 N–H and O–H groups in total. The highest BCUT2D eigenvalue weighted by Crippen LogP contribution is 2.45. The minimum absolute atomic E-state index is 0.0261. The Hall–Kier alpha value is 0.130. The van der Waals surface area contributed by atoms with Gasteiger partial charge in [0, 0.05) is 0 Å². The topological polar surface area (TPSA) is 0 Å². The zero-order valence-corrected chi connectivity index (χ0v) is 11.0. The molecule has 1 aliphatic carbocycles. The molecule has 15 heavy (non-hydrogen) atoms. The lowest BCUT2D eigenvalue weighted by Crippen LogP contribution is -2.29. The average Bonchev–Trinajstić information content (AvgIpc) is 2.15. The molecule has 0 aromatic rings. The van der Waals surface area contributed by atoms with Crippen LogP contribution in [-0.4, -0.2) is 15.1 Å². The Morgan fingerprint density at radius 1 is 1.07 bits per heavy atom. The van der Waals surface area contributed by atoms with Crippen LogP contribution < -0.4 is 0 Å². The zero-order chi connectivity index (χ0) is 11.5. The molecular formula is C13H25B2. The smallest absolute Gasteiger partial charge is 0.0922 e. The average molecular weight is 203 g/mol. The van der Waals surface area contributed by atoms with Gasteiger partial charge in [0.25, 0.3) is 0 Å². The summed E-state index contributed by atoms with van der Waals surface area (Å²) in [5.41, 5.74) is 0.551. The molecule has 0 spiro atoms. The number of rotatable bonds is 2. The van der Waals surface area contributed by atoms with E-state index in [-0.39, 0.29) is 5.21 Å². The molecule has 3 radical (unpaired) electrons. The Labute approximate surface area is 98.3 Å². The number of hydrogen-bond acceptors (Lipinski definition) is 0. The van der Waals surface area contributed by atoms with E-state index in [1.54, 1.807) is 0 Å². The van der Waals surface area contributed by atoms with Gasteiger partial charge in [-0.1, -0.05) is 58.5 Å². The zero-order valence-electron chi connectivity index (χ0n) is 11.0. The van der Waals surface area contributed by atoms with E-state index >= 15 is 0 Å². The summed E-state index contributed by atoms with van der Waals surface area (Å²) in [5, 5.41) is 0.0261. The van der Waals surface area contributed by atoms with E-state index in [4.69, 9.17) is 7.85 Å². The fraction of sp³-hybridized carbons (Fsp3) is 1.00. The van der Waals surface area contributed by atoms with Crippen molar-refractivity contribution in [2.24, 2.45) is 11.3 Å². The van der Waals surface area contributed by atoms with Gasteiger partial charge in [0.1, 0.15) is 7.28 Å². The van der Waals surface area contributed by atoms with Crippen LogP contribution in [0.25, 0.3) is 0 Å². The Morgan fingerprint density at radius 3 is 1.87 bits per heavy atom. The predicted molar refractivity (Wildman–Crippen MR) is 70.7 cm³/mol. The first-order valence-electron chi connectivity index (χ1n) is 6.51. The minimum Gasteiger partial charge on any atom is -0.0922 e. The van der Waals surface area contributed by atoms with Crippen LogP contribution in [0.1, 0.15) is 59.3 Å². The lowest BCUT2D eigenvalue weighted by Gasteiger charge is -2.40. The van der Waals surface area contributed by atoms with E-state index in [2.05, 4.69) is 34.9 Å². The maximum absolute atomic E-state index is 6.34. The molecule has 0 amide bonds. The largest absolute Gasteiger partial charge is 0.103 e. The Morgan fingerprint density at radius 2 is 1.53 bits per heavy atom. The second kappa shape index (κ2) is 4.97. The third kappa shape index (κ3) is 3.29. The van der Waals surface area contributed by atoms with Gasteiger partial charge >= 0.3 is 0 Å². The minimum atomic E-state index is 0.0261. The van der Waals surface area contributed by atoms with E-state index in [9.17, 15) is 0 Å². The molecule has 1 fully saturated rings. The molecule has 0 aromatic carbocycles. The van der Waals surface area contributed by atoms with Crippen LogP contribution in [0.3, 0.4) is 0 Å². The van der Waals surface area contributed by atoms with Gasteiger partial charge in [-0.3, -0.25) is 0 Å². The van der Waals surface area contributed by atoms with E-state index in [0.29, 0.717) is 5.41 Å². The van der Waals surface area contributed by atoms with Crippen LogP contribution in [-0.2, 0) is 0 Å². The van der Waals surface area contributed by atoms with Gasteiger partial charge in [-0.05, 0) is 24.2 Å². The first kappa shape index (κ1) is 13.2. The van der Waals surface area contributed by atoms with Crippen LogP contribution >= 0.6 is 0 Å². The summed E-state index contributed by atoms with van der Waals surface area (Å²) in [4.78, 5) is 0. The first-order valence-corrected chi connectivity index (χ1v) is 6.51. The summed E-state index contributed by atoms with van der Waals surface area (Å²) in [7, 11) is 8.55. The van der Waals surface area contributed by atoms with Crippen molar-refractivity contribution in [1.82, 2.24) is 0 Å². The van der Waals surface area contributed by atoms with Crippen LogP contribution in [0, 0.1) is 11.3 Å². The van der Waals surface area contributed by atoms with Crippen molar-refractivity contribution in [3.05, 3.63) is 0 Å². The summed E-state index contributed by atoms with van der Waals surface area (Å²) >= 11 is 0. The van der Waals surface area contributed by atoms with E-state index in [1.165, 1.54) is 38.5 Å². The molecule has 0 bridgehead atoms. The molecule has 0 saturated heterocycles. The molecule has 0 unspecified atom stereocenters. The molecule has 0 heterocycles. The SMILES string of the molecule is [B]C1([B]C)CCCC(C)(C(C)C)CCC1. The molecular weight excluding hydrogens is 178 g/mol. The van der Waals surface area contributed by atoms with Crippen molar-refractivity contribution in [2.45, 2.75) is 71.3 Å². The summed E-state index contributed by atoms with van der Waals surface area (Å²) in [6, 6.07) is 0. The summed E-state index contributed by atoms with van der Waals surface area (Å²) in [6.07, 6.45) is 7.61. The molecule has 0 atom stereocenters. The summed E-state index contributed by atoms with van der Waals surface area (Å²) in [6.45, 7) is 9.30. The van der Waals surface area contributed by atoms with E-state index in [1.807, 2.05) is 0 Å². The summed E-state index contributed by atoms with van der Waals surface area (Å²) in [5.74, 6) is 0.799. The predicted octanol–water partition coefficient (Wildman–Crippen LogP) is 4.04. The van der Waals surface area contributed by atoms with Gasteiger partial charge in [0.15, 0.2) is 0 Å². The fourth-order valence-electron chi connectivity index (χ4n) is 2.76. The van der Waals surface area contributed by atoms with E-state index < -0.39 is 0 Å².